The Morgan fingerprint density at radius 2 is 0.425 bits per heavy atom. The average Bonchev–Trinajstić information content (AvgIpc) is 2.94. The molecule has 0 aliphatic rings. The fourth-order valence-electron chi connectivity index (χ4n) is 6.45. The van der Waals surface area contributed by atoms with Crippen LogP contribution in [0.25, 0.3) is 0 Å². The highest BCUT2D eigenvalue weighted by Gasteiger charge is 2.23. The first-order chi connectivity index (χ1) is 19.2. The zero-order valence-corrected chi connectivity index (χ0v) is 29.3. The molecule has 0 bridgehead atoms. The molecule has 0 rings (SSSR count). The van der Waals surface area contributed by atoms with Crippen LogP contribution in [-0.4, -0.2) is 5.54 Å². The summed E-state index contributed by atoms with van der Waals surface area (Å²) in [5.74, 6) is 0. The summed E-state index contributed by atoms with van der Waals surface area (Å²) in [5, 5.41) is 0. The van der Waals surface area contributed by atoms with Gasteiger partial charge in [-0.1, -0.05) is 220 Å². The summed E-state index contributed by atoms with van der Waals surface area (Å²) in [6.45, 7) is 6.93. The van der Waals surface area contributed by atoms with Gasteiger partial charge in [-0.15, -0.1) is 12.4 Å². The van der Waals surface area contributed by atoms with Crippen molar-refractivity contribution < 1.29 is 0 Å². The lowest BCUT2D eigenvalue weighted by Gasteiger charge is -2.30. The van der Waals surface area contributed by atoms with Crippen LogP contribution < -0.4 is 5.73 Å². The maximum Gasteiger partial charge on any atom is 0.0154 e. The lowest BCUT2D eigenvalue weighted by atomic mass is 9.82. The topological polar surface area (TPSA) is 26.0 Å². The number of hydrogen-bond donors (Lipinski definition) is 1. The van der Waals surface area contributed by atoms with Crippen LogP contribution in [0.15, 0.2) is 0 Å². The van der Waals surface area contributed by atoms with Crippen LogP contribution in [0.2, 0.25) is 0 Å². The van der Waals surface area contributed by atoms with Crippen molar-refractivity contribution in [2.45, 2.75) is 245 Å². The molecule has 0 atom stereocenters. The van der Waals surface area contributed by atoms with Gasteiger partial charge in [0.05, 0.1) is 0 Å². The van der Waals surface area contributed by atoms with Gasteiger partial charge in [-0.2, -0.15) is 0 Å². The minimum absolute atomic E-state index is 0. The number of halogens is 1. The Balaban J connectivity index is 0. The Morgan fingerprint density at radius 3 is 0.600 bits per heavy atom. The van der Waals surface area contributed by atoms with Crippen LogP contribution >= 0.6 is 12.4 Å². The first-order valence-corrected chi connectivity index (χ1v) is 19.0. The second kappa shape index (κ2) is 35.4. The van der Waals surface area contributed by atoms with Crippen molar-refractivity contribution in [1.82, 2.24) is 0 Å². The molecule has 0 aromatic carbocycles. The molecule has 1 nitrogen and oxygen atoms in total. The highest BCUT2D eigenvalue weighted by molar-refractivity contribution is 5.85. The van der Waals surface area contributed by atoms with Crippen molar-refractivity contribution in [2.24, 2.45) is 5.73 Å². The van der Waals surface area contributed by atoms with Crippen LogP contribution in [-0.2, 0) is 0 Å². The first-order valence-electron chi connectivity index (χ1n) is 19.0. The second-order valence-electron chi connectivity index (χ2n) is 13.5. The number of unbranched alkanes of at least 4 members (excludes halogenated alkanes) is 28. The van der Waals surface area contributed by atoms with E-state index in [1.807, 2.05) is 0 Å². The van der Waals surface area contributed by atoms with Crippen molar-refractivity contribution in [3.8, 4) is 0 Å². The Hall–Kier alpha value is 0.250. The van der Waals surface area contributed by atoms with Crippen molar-refractivity contribution in [3.63, 3.8) is 0 Å². The third-order valence-electron chi connectivity index (χ3n) is 9.33. The predicted octanol–water partition coefficient (Wildman–Crippen LogP) is 14.4. The van der Waals surface area contributed by atoms with Crippen LogP contribution in [0.4, 0.5) is 0 Å². The molecule has 0 aromatic heterocycles. The Morgan fingerprint density at radius 1 is 0.275 bits per heavy atom. The molecule has 0 aromatic rings. The third-order valence-corrected chi connectivity index (χ3v) is 9.33. The van der Waals surface area contributed by atoms with Crippen LogP contribution in [0, 0.1) is 0 Å². The van der Waals surface area contributed by atoms with E-state index >= 15 is 0 Å². The number of hydrogen-bond acceptors (Lipinski definition) is 1. The van der Waals surface area contributed by atoms with Gasteiger partial charge < -0.3 is 5.73 Å². The van der Waals surface area contributed by atoms with Gasteiger partial charge >= 0.3 is 0 Å². The maximum absolute atomic E-state index is 7.14. The van der Waals surface area contributed by atoms with E-state index in [4.69, 9.17) is 5.73 Å². The van der Waals surface area contributed by atoms with Crippen molar-refractivity contribution in [3.05, 3.63) is 0 Å². The van der Waals surface area contributed by atoms with E-state index in [1.165, 1.54) is 218 Å². The summed E-state index contributed by atoms with van der Waals surface area (Å²) in [6.07, 6.45) is 48.1. The highest BCUT2D eigenvalue weighted by atomic mass is 35.5. The molecule has 2 N–H and O–H groups in total. The number of rotatable bonds is 34. The molecule has 0 spiro atoms. The normalized spacial score (nSPS) is 11.7. The molecule has 0 radical (unpaired) electrons. The quantitative estimate of drug-likeness (QED) is 0.0746. The van der Waals surface area contributed by atoms with Crippen LogP contribution in [0.5, 0.6) is 0 Å². The van der Waals surface area contributed by atoms with Gasteiger partial charge in [0.2, 0.25) is 0 Å². The molecular formula is C38H80ClN. The average molecular weight is 587 g/mol. The van der Waals surface area contributed by atoms with E-state index in [-0.39, 0.29) is 17.9 Å². The predicted molar refractivity (Wildman–Crippen MR) is 188 cm³/mol. The van der Waals surface area contributed by atoms with Gasteiger partial charge in [0.25, 0.3) is 0 Å². The first kappa shape index (κ1) is 42.4. The molecule has 0 saturated heterocycles. The SMILES string of the molecule is CCCCCCCCCCCCCC(N)(CCCCCCCCCCCC)CCCCCCCCCCCC.Cl. The van der Waals surface area contributed by atoms with Crippen molar-refractivity contribution in [1.29, 1.82) is 0 Å². The Bertz CT molecular complexity index is 413. The summed E-state index contributed by atoms with van der Waals surface area (Å²) < 4.78 is 0. The molecule has 0 saturated carbocycles. The largest absolute Gasteiger partial charge is 0.325 e. The van der Waals surface area contributed by atoms with E-state index < -0.39 is 0 Å². The summed E-state index contributed by atoms with van der Waals surface area (Å²) in [5.41, 5.74) is 7.26. The second-order valence-corrected chi connectivity index (χ2v) is 13.5. The van der Waals surface area contributed by atoms with E-state index in [2.05, 4.69) is 20.8 Å². The minimum Gasteiger partial charge on any atom is -0.325 e. The van der Waals surface area contributed by atoms with Crippen molar-refractivity contribution >= 4 is 12.4 Å². The molecule has 40 heavy (non-hydrogen) atoms. The molecular weight excluding hydrogens is 506 g/mol. The zero-order chi connectivity index (χ0) is 28.5. The molecule has 2 heteroatoms. The van der Waals surface area contributed by atoms with Gasteiger partial charge in [-0.25, -0.2) is 0 Å². The zero-order valence-electron chi connectivity index (χ0n) is 28.5. The standard InChI is InChI=1S/C38H79N.ClH/c1-4-7-10-13-16-19-22-25-28-31-34-37-38(39,35-32-29-26-23-20-17-14-11-8-5-2)36-33-30-27-24-21-18-15-12-9-6-3;/h4-37,39H2,1-3H3;1H. The maximum atomic E-state index is 7.14. The number of nitrogens with two attached hydrogens (primary N) is 1. The van der Waals surface area contributed by atoms with Crippen molar-refractivity contribution in [2.75, 3.05) is 0 Å². The third kappa shape index (κ3) is 32.8. The van der Waals surface area contributed by atoms with E-state index in [0.29, 0.717) is 0 Å². The van der Waals surface area contributed by atoms with Gasteiger partial charge in [0, 0.05) is 5.54 Å². The monoisotopic (exact) mass is 586 g/mol. The molecule has 0 aliphatic carbocycles. The van der Waals surface area contributed by atoms with Crippen LogP contribution in [0.3, 0.4) is 0 Å². The molecule has 0 unspecified atom stereocenters. The fourth-order valence-corrected chi connectivity index (χ4v) is 6.45. The summed E-state index contributed by atoms with van der Waals surface area (Å²) in [4.78, 5) is 0. The molecule has 0 heterocycles. The van der Waals surface area contributed by atoms with E-state index in [1.54, 1.807) is 0 Å². The summed E-state index contributed by atoms with van der Waals surface area (Å²) in [7, 11) is 0. The smallest absolute Gasteiger partial charge is 0.0154 e. The van der Waals surface area contributed by atoms with Gasteiger partial charge in [-0.05, 0) is 19.3 Å². The summed E-state index contributed by atoms with van der Waals surface area (Å²) in [6, 6.07) is 0. The molecule has 244 valence electrons. The Kier molecular flexibility index (Phi) is 37.6. The van der Waals surface area contributed by atoms with E-state index in [9.17, 15) is 0 Å². The van der Waals surface area contributed by atoms with Gasteiger partial charge in [0.1, 0.15) is 0 Å². The molecule has 0 aliphatic heterocycles. The minimum atomic E-state index is 0. The lowest BCUT2D eigenvalue weighted by Crippen LogP contribution is -2.39. The van der Waals surface area contributed by atoms with Gasteiger partial charge in [0.15, 0.2) is 0 Å². The molecule has 0 fully saturated rings. The fraction of sp³-hybridized carbons (Fsp3) is 1.00. The van der Waals surface area contributed by atoms with Gasteiger partial charge in [-0.3, -0.25) is 0 Å². The lowest BCUT2D eigenvalue weighted by molar-refractivity contribution is 0.302. The van der Waals surface area contributed by atoms with Crippen LogP contribution in [0.1, 0.15) is 239 Å². The summed E-state index contributed by atoms with van der Waals surface area (Å²) >= 11 is 0. The molecule has 0 amide bonds. The van der Waals surface area contributed by atoms with E-state index in [0.717, 1.165) is 0 Å². The highest BCUT2D eigenvalue weighted by Crippen LogP contribution is 2.27. The Labute approximate surface area is 262 Å².